The van der Waals surface area contributed by atoms with E-state index in [9.17, 15) is 9.90 Å². The first-order valence-electron chi connectivity index (χ1n) is 6.84. The molecule has 108 valence electrons. The van der Waals surface area contributed by atoms with Crippen molar-refractivity contribution in [3.05, 3.63) is 78.4 Å². The van der Waals surface area contributed by atoms with Crippen LogP contribution in [0.1, 0.15) is 23.5 Å². The van der Waals surface area contributed by atoms with Gasteiger partial charge in [-0.25, -0.2) is 4.79 Å². The van der Waals surface area contributed by atoms with Crippen LogP contribution in [0.4, 0.5) is 0 Å². The van der Waals surface area contributed by atoms with Gasteiger partial charge in [-0.05, 0) is 18.1 Å². The topological polar surface area (TPSA) is 46.5 Å². The molecule has 0 aliphatic rings. The molecule has 0 aromatic heterocycles. The van der Waals surface area contributed by atoms with Crippen LogP contribution in [0.15, 0.2) is 67.3 Å². The Hall–Kier alpha value is -2.55. The maximum absolute atomic E-state index is 11.1. The Morgan fingerprint density at radius 1 is 1.14 bits per heavy atom. The summed E-state index contributed by atoms with van der Waals surface area (Å²) in [6, 6.07) is 17.1. The quantitative estimate of drug-likeness (QED) is 0.650. The normalized spacial score (nSPS) is 11.6. The molecule has 0 fully saturated rings. The zero-order valence-electron chi connectivity index (χ0n) is 11.7. The van der Waals surface area contributed by atoms with Gasteiger partial charge in [-0.3, -0.25) is 0 Å². The van der Waals surface area contributed by atoms with Gasteiger partial charge in [0.2, 0.25) is 0 Å². The van der Waals surface area contributed by atoms with Crippen LogP contribution in [-0.2, 0) is 9.53 Å². The summed E-state index contributed by atoms with van der Waals surface area (Å²) in [4.78, 5) is 11.1. The van der Waals surface area contributed by atoms with Crippen molar-refractivity contribution in [3.63, 3.8) is 0 Å². The first-order valence-corrected chi connectivity index (χ1v) is 6.84. The highest BCUT2D eigenvalue weighted by Gasteiger charge is 2.17. The van der Waals surface area contributed by atoms with Crippen LogP contribution >= 0.6 is 0 Å². The second-order valence-electron chi connectivity index (χ2n) is 4.68. The first kappa shape index (κ1) is 14.9. The van der Waals surface area contributed by atoms with Gasteiger partial charge in [-0.1, -0.05) is 55.1 Å². The minimum Gasteiger partial charge on any atom is -0.508 e. The number of phenols is 1. The molecule has 0 bridgehead atoms. The zero-order valence-corrected chi connectivity index (χ0v) is 11.7. The molecule has 2 aromatic carbocycles. The molecule has 21 heavy (non-hydrogen) atoms. The van der Waals surface area contributed by atoms with E-state index in [4.69, 9.17) is 4.74 Å². The Morgan fingerprint density at radius 2 is 1.81 bits per heavy atom. The number of carbonyl (C=O) groups is 1. The number of benzene rings is 2. The molecule has 0 saturated carbocycles. The number of rotatable bonds is 6. The van der Waals surface area contributed by atoms with Crippen molar-refractivity contribution in [3.8, 4) is 5.75 Å². The van der Waals surface area contributed by atoms with Crippen molar-refractivity contribution in [2.75, 3.05) is 6.61 Å². The van der Waals surface area contributed by atoms with Crippen molar-refractivity contribution in [1.82, 2.24) is 0 Å². The predicted octanol–water partition coefficient (Wildman–Crippen LogP) is 3.64. The molecule has 0 aliphatic carbocycles. The van der Waals surface area contributed by atoms with Crippen LogP contribution in [0.3, 0.4) is 0 Å². The summed E-state index contributed by atoms with van der Waals surface area (Å²) < 4.78 is 5.07. The monoisotopic (exact) mass is 282 g/mol. The molecular formula is C18H18O3. The van der Waals surface area contributed by atoms with Crippen molar-refractivity contribution in [2.45, 2.75) is 12.3 Å². The van der Waals surface area contributed by atoms with Gasteiger partial charge in [0.25, 0.3) is 0 Å². The third-order valence-electron chi connectivity index (χ3n) is 3.33. The van der Waals surface area contributed by atoms with Crippen LogP contribution < -0.4 is 0 Å². The van der Waals surface area contributed by atoms with Gasteiger partial charge in [-0.15, -0.1) is 0 Å². The maximum Gasteiger partial charge on any atom is 0.330 e. The highest BCUT2D eigenvalue weighted by molar-refractivity contribution is 5.81. The van der Waals surface area contributed by atoms with E-state index < -0.39 is 5.97 Å². The maximum atomic E-state index is 11.1. The molecule has 0 amide bonds. The Kier molecular flexibility index (Phi) is 5.16. The average Bonchev–Trinajstić information content (AvgIpc) is 2.53. The van der Waals surface area contributed by atoms with Crippen LogP contribution in [-0.4, -0.2) is 17.7 Å². The summed E-state index contributed by atoms with van der Waals surface area (Å²) in [7, 11) is 0. The van der Waals surface area contributed by atoms with Gasteiger partial charge in [0.05, 0.1) is 6.61 Å². The van der Waals surface area contributed by atoms with E-state index in [1.807, 2.05) is 42.5 Å². The Morgan fingerprint density at radius 3 is 2.48 bits per heavy atom. The molecule has 0 heterocycles. The molecule has 0 radical (unpaired) electrons. The lowest BCUT2D eigenvalue weighted by Crippen LogP contribution is -2.08. The van der Waals surface area contributed by atoms with E-state index in [0.717, 1.165) is 17.2 Å². The van der Waals surface area contributed by atoms with Gasteiger partial charge in [-0.2, -0.15) is 0 Å². The summed E-state index contributed by atoms with van der Waals surface area (Å²) >= 11 is 0. The lowest BCUT2D eigenvalue weighted by atomic mass is 9.88. The second kappa shape index (κ2) is 7.29. The molecule has 1 N–H and O–H groups in total. The van der Waals surface area contributed by atoms with E-state index in [0.29, 0.717) is 6.42 Å². The minimum absolute atomic E-state index is 0.0231. The lowest BCUT2D eigenvalue weighted by molar-refractivity contribution is -0.137. The van der Waals surface area contributed by atoms with E-state index >= 15 is 0 Å². The van der Waals surface area contributed by atoms with Gasteiger partial charge >= 0.3 is 5.97 Å². The minimum atomic E-state index is -0.431. The summed E-state index contributed by atoms with van der Waals surface area (Å²) in [6.45, 7) is 3.65. The standard InChI is InChI=1S/C18H18O3/c1-2-18(20)21-13-12-15(14-8-4-3-5-9-14)16-10-6-7-11-17(16)19/h2-11,15,19H,1,12-13H2. The van der Waals surface area contributed by atoms with Gasteiger partial charge in [0.1, 0.15) is 5.75 Å². The van der Waals surface area contributed by atoms with Gasteiger partial charge < -0.3 is 9.84 Å². The Bertz CT molecular complexity index is 605. The van der Waals surface area contributed by atoms with Crippen LogP contribution in [0.2, 0.25) is 0 Å². The van der Waals surface area contributed by atoms with Crippen molar-refractivity contribution in [1.29, 1.82) is 0 Å². The molecule has 0 spiro atoms. The fourth-order valence-electron chi connectivity index (χ4n) is 2.31. The lowest BCUT2D eigenvalue weighted by Gasteiger charge is -2.19. The molecule has 0 saturated heterocycles. The molecular weight excluding hydrogens is 264 g/mol. The van der Waals surface area contributed by atoms with Crippen LogP contribution in [0.5, 0.6) is 5.75 Å². The summed E-state index contributed by atoms with van der Waals surface area (Å²) in [5.74, 6) is -0.203. The number of esters is 1. The van der Waals surface area contributed by atoms with Gasteiger partial charge in [0.15, 0.2) is 0 Å². The van der Waals surface area contributed by atoms with Gasteiger partial charge in [0, 0.05) is 17.6 Å². The summed E-state index contributed by atoms with van der Waals surface area (Å²) in [5, 5.41) is 10.1. The number of hydrogen-bond donors (Lipinski definition) is 1. The van der Waals surface area contributed by atoms with Crippen LogP contribution in [0, 0.1) is 0 Å². The van der Waals surface area contributed by atoms with E-state index in [2.05, 4.69) is 6.58 Å². The molecule has 1 unspecified atom stereocenters. The highest BCUT2D eigenvalue weighted by Crippen LogP contribution is 2.33. The Labute approximate surface area is 124 Å². The molecule has 2 rings (SSSR count). The average molecular weight is 282 g/mol. The second-order valence-corrected chi connectivity index (χ2v) is 4.68. The number of para-hydroxylation sites is 1. The third-order valence-corrected chi connectivity index (χ3v) is 3.33. The third kappa shape index (κ3) is 3.96. The Balaban J connectivity index is 2.21. The number of phenolic OH excluding ortho intramolecular Hbond substituents is 1. The fourth-order valence-corrected chi connectivity index (χ4v) is 2.31. The van der Waals surface area contributed by atoms with Crippen molar-refractivity contribution >= 4 is 5.97 Å². The van der Waals surface area contributed by atoms with E-state index in [-0.39, 0.29) is 18.3 Å². The van der Waals surface area contributed by atoms with E-state index in [1.165, 1.54) is 0 Å². The fraction of sp³-hybridized carbons (Fsp3) is 0.167. The molecule has 3 nitrogen and oxygen atoms in total. The number of ether oxygens (including phenoxy) is 1. The predicted molar refractivity (Wildman–Crippen MR) is 82.2 cm³/mol. The zero-order chi connectivity index (χ0) is 15.1. The number of carbonyl (C=O) groups excluding carboxylic acids is 1. The summed E-state index contributed by atoms with van der Waals surface area (Å²) in [5.41, 5.74) is 1.91. The van der Waals surface area contributed by atoms with E-state index in [1.54, 1.807) is 12.1 Å². The largest absolute Gasteiger partial charge is 0.508 e. The first-order chi connectivity index (χ1) is 10.2. The SMILES string of the molecule is C=CC(=O)OCCC(c1ccccc1)c1ccccc1O. The summed E-state index contributed by atoms with van der Waals surface area (Å²) in [6.07, 6.45) is 1.75. The van der Waals surface area contributed by atoms with Crippen molar-refractivity contribution < 1.29 is 14.6 Å². The smallest absolute Gasteiger partial charge is 0.330 e. The molecule has 1 atom stereocenters. The molecule has 0 aliphatic heterocycles. The van der Waals surface area contributed by atoms with Crippen LogP contribution in [0.25, 0.3) is 0 Å². The number of aromatic hydroxyl groups is 1. The van der Waals surface area contributed by atoms with Crippen molar-refractivity contribution in [2.24, 2.45) is 0 Å². The highest BCUT2D eigenvalue weighted by atomic mass is 16.5. The molecule has 3 heteroatoms. The number of hydrogen-bond acceptors (Lipinski definition) is 3. The molecule has 2 aromatic rings.